The third kappa shape index (κ3) is 4.79. The van der Waals surface area contributed by atoms with E-state index in [9.17, 15) is 9.90 Å². The fourth-order valence-electron chi connectivity index (χ4n) is 1.32. The lowest BCUT2D eigenvalue weighted by atomic mass is 10.2. The molecule has 1 rings (SSSR count). The van der Waals surface area contributed by atoms with Crippen LogP contribution in [-0.4, -0.2) is 24.2 Å². The summed E-state index contributed by atoms with van der Waals surface area (Å²) in [4.78, 5) is 11.0. The summed E-state index contributed by atoms with van der Waals surface area (Å²) >= 11 is 0. The summed E-state index contributed by atoms with van der Waals surface area (Å²) in [6, 6.07) is 7.02. The van der Waals surface area contributed by atoms with Crippen LogP contribution < -0.4 is 5.32 Å². The second kappa shape index (κ2) is 6.85. The molecular formula is C12H17NO3. The highest BCUT2D eigenvalue weighted by Gasteiger charge is 2.00. The molecule has 4 nitrogen and oxygen atoms in total. The van der Waals surface area contributed by atoms with Crippen molar-refractivity contribution < 1.29 is 14.6 Å². The zero-order valence-corrected chi connectivity index (χ0v) is 9.40. The first-order valence-corrected chi connectivity index (χ1v) is 5.36. The van der Waals surface area contributed by atoms with E-state index in [-0.39, 0.29) is 11.7 Å². The van der Waals surface area contributed by atoms with E-state index in [4.69, 9.17) is 4.74 Å². The summed E-state index contributed by atoms with van der Waals surface area (Å²) in [6.07, 6.45) is 0.368. The van der Waals surface area contributed by atoms with Gasteiger partial charge in [0.05, 0.1) is 13.0 Å². The van der Waals surface area contributed by atoms with Gasteiger partial charge in [0.1, 0.15) is 5.75 Å². The van der Waals surface area contributed by atoms with Crippen LogP contribution in [0.3, 0.4) is 0 Å². The highest BCUT2D eigenvalue weighted by Crippen LogP contribution is 2.10. The number of carbonyl (C=O) groups excluding carboxylic acids is 1. The van der Waals surface area contributed by atoms with Crippen LogP contribution >= 0.6 is 0 Å². The van der Waals surface area contributed by atoms with Gasteiger partial charge in [0.2, 0.25) is 0 Å². The number of esters is 1. The molecule has 0 saturated carbocycles. The quantitative estimate of drug-likeness (QED) is 0.566. The molecule has 0 spiro atoms. The van der Waals surface area contributed by atoms with E-state index in [1.54, 1.807) is 25.1 Å². The number of carbonyl (C=O) groups is 1. The van der Waals surface area contributed by atoms with Crippen molar-refractivity contribution in [2.45, 2.75) is 19.9 Å². The van der Waals surface area contributed by atoms with Gasteiger partial charge in [-0.2, -0.15) is 0 Å². The smallest absolute Gasteiger partial charge is 0.307 e. The van der Waals surface area contributed by atoms with Gasteiger partial charge in [-0.05, 0) is 24.6 Å². The Labute approximate surface area is 95.2 Å². The molecule has 2 N–H and O–H groups in total. The maximum Gasteiger partial charge on any atom is 0.307 e. The van der Waals surface area contributed by atoms with E-state index in [0.717, 1.165) is 5.56 Å². The van der Waals surface area contributed by atoms with E-state index in [0.29, 0.717) is 26.1 Å². The van der Waals surface area contributed by atoms with Crippen molar-refractivity contribution in [2.75, 3.05) is 13.2 Å². The summed E-state index contributed by atoms with van der Waals surface area (Å²) < 4.78 is 4.79. The molecule has 0 saturated heterocycles. The van der Waals surface area contributed by atoms with Gasteiger partial charge in [-0.25, -0.2) is 0 Å². The Bertz CT molecular complexity index is 339. The summed E-state index contributed by atoms with van der Waals surface area (Å²) in [5.74, 6) is 0.0654. The molecule has 88 valence electrons. The average Bonchev–Trinajstić information content (AvgIpc) is 2.25. The van der Waals surface area contributed by atoms with Crippen molar-refractivity contribution in [3.05, 3.63) is 29.8 Å². The second-order valence-electron chi connectivity index (χ2n) is 3.40. The molecule has 4 heteroatoms. The molecule has 0 amide bonds. The third-order valence-electron chi connectivity index (χ3n) is 2.05. The standard InChI is InChI=1S/C12H17NO3/c1-2-16-12(15)6-7-13-9-10-4-3-5-11(14)8-10/h3-5,8,13-14H,2,6-7,9H2,1H3. The van der Waals surface area contributed by atoms with Gasteiger partial charge in [-0.3, -0.25) is 4.79 Å². The molecule has 0 bridgehead atoms. The Hall–Kier alpha value is -1.55. The van der Waals surface area contributed by atoms with Crippen molar-refractivity contribution >= 4 is 5.97 Å². The summed E-state index contributed by atoms with van der Waals surface area (Å²) in [5.41, 5.74) is 0.990. The number of benzene rings is 1. The first kappa shape index (κ1) is 12.5. The molecule has 1 aromatic carbocycles. The van der Waals surface area contributed by atoms with Crippen LogP contribution in [0.2, 0.25) is 0 Å². The zero-order valence-electron chi connectivity index (χ0n) is 9.40. The molecule has 0 aliphatic carbocycles. The lowest BCUT2D eigenvalue weighted by Crippen LogP contribution is -2.18. The van der Waals surface area contributed by atoms with Crippen LogP contribution in [0.25, 0.3) is 0 Å². The molecule has 0 aliphatic heterocycles. The predicted molar refractivity (Wildman–Crippen MR) is 61.1 cm³/mol. The topological polar surface area (TPSA) is 58.6 Å². The Morgan fingerprint density at radius 3 is 3.00 bits per heavy atom. The Morgan fingerprint density at radius 1 is 1.50 bits per heavy atom. The highest BCUT2D eigenvalue weighted by atomic mass is 16.5. The molecule has 0 aliphatic rings. The number of phenolic OH excluding ortho intramolecular Hbond substituents is 1. The van der Waals surface area contributed by atoms with E-state index < -0.39 is 0 Å². The zero-order chi connectivity index (χ0) is 11.8. The first-order valence-electron chi connectivity index (χ1n) is 5.36. The van der Waals surface area contributed by atoms with Crippen molar-refractivity contribution in [1.82, 2.24) is 5.32 Å². The van der Waals surface area contributed by atoms with Crippen molar-refractivity contribution in [1.29, 1.82) is 0 Å². The van der Waals surface area contributed by atoms with Crippen molar-refractivity contribution in [3.8, 4) is 5.75 Å². The minimum Gasteiger partial charge on any atom is -0.508 e. The van der Waals surface area contributed by atoms with Gasteiger partial charge in [0.15, 0.2) is 0 Å². The summed E-state index contributed by atoms with van der Waals surface area (Å²) in [5, 5.41) is 12.3. The van der Waals surface area contributed by atoms with Crippen LogP contribution in [0, 0.1) is 0 Å². The highest BCUT2D eigenvalue weighted by molar-refractivity contribution is 5.69. The summed E-state index contributed by atoms with van der Waals surface area (Å²) in [7, 11) is 0. The van der Waals surface area contributed by atoms with Crippen LogP contribution in [0.1, 0.15) is 18.9 Å². The van der Waals surface area contributed by atoms with Gasteiger partial charge in [0.25, 0.3) is 0 Å². The number of phenols is 1. The fraction of sp³-hybridized carbons (Fsp3) is 0.417. The molecule has 0 heterocycles. The maximum absolute atomic E-state index is 11.0. The number of hydrogen-bond acceptors (Lipinski definition) is 4. The number of rotatable bonds is 6. The Kier molecular flexibility index (Phi) is 5.36. The van der Waals surface area contributed by atoms with E-state index in [1.165, 1.54) is 0 Å². The van der Waals surface area contributed by atoms with Gasteiger partial charge in [0, 0.05) is 13.1 Å². The van der Waals surface area contributed by atoms with E-state index in [2.05, 4.69) is 5.32 Å². The number of ether oxygens (including phenoxy) is 1. The summed E-state index contributed by atoms with van der Waals surface area (Å²) in [6.45, 7) is 3.42. The second-order valence-corrected chi connectivity index (χ2v) is 3.40. The van der Waals surface area contributed by atoms with Crippen LogP contribution in [0.15, 0.2) is 24.3 Å². The molecular weight excluding hydrogens is 206 g/mol. The van der Waals surface area contributed by atoms with Crippen LogP contribution in [0.4, 0.5) is 0 Å². The predicted octanol–water partition coefficient (Wildman–Crippen LogP) is 1.43. The number of nitrogens with one attached hydrogen (secondary N) is 1. The van der Waals surface area contributed by atoms with E-state index in [1.807, 2.05) is 6.07 Å². The fourth-order valence-corrected chi connectivity index (χ4v) is 1.32. The number of aromatic hydroxyl groups is 1. The number of hydrogen-bond donors (Lipinski definition) is 2. The van der Waals surface area contributed by atoms with Crippen molar-refractivity contribution in [2.24, 2.45) is 0 Å². The first-order chi connectivity index (χ1) is 7.72. The lowest BCUT2D eigenvalue weighted by molar-refractivity contribution is -0.142. The third-order valence-corrected chi connectivity index (χ3v) is 2.05. The molecule has 16 heavy (non-hydrogen) atoms. The van der Waals surface area contributed by atoms with Gasteiger partial charge < -0.3 is 15.2 Å². The van der Waals surface area contributed by atoms with Crippen LogP contribution in [0.5, 0.6) is 5.75 Å². The van der Waals surface area contributed by atoms with Crippen molar-refractivity contribution in [3.63, 3.8) is 0 Å². The molecule has 0 unspecified atom stereocenters. The molecule has 0 fully saturated rings. The Balaban J connectivity index is 2.18. The SMILES string of the molecule is CCOC(=O)CCNCc1cccc(O)c1. The van der Waals surface area contributed by atoms with Gasteiger partial charge in [-0.1, -0.05) is 12.1 Å². The maximum atomic E-state index is 11.0. The molecule has 1 aromatic rings. The molecule has 0 aromatic heterocycles. The van der Waals surface area contributed by atoms with Gasteiger partial charge in [-0.15, -0.1) is 0 Å². The minimum atomic E-state index is -0.189. The largest absolute Gasteiger partial charge is 0.508 e. The van der Waals surface area contributed by atoms with Gasteiger partial charge >= 0.3 is 5.97 Å². The molecule has 0 atom stereocenters. The van der Waals surface area contributed by atoms with Crippen LogP contribution in [-0.2, 0) is 16.1 Å². The van der Waals surface area contributed by atoms with E-state index >= 15 is 0 Å². The molecule has 0 radical (unpaired) electrons. The monoisotopic (exact) mass is 223 g/mol. The lowest BCUT2D eigenvalue weighted by Gasteiger charge is -2.05. The normalized spacial score (nSPS) is 10.1. The Morgan fingerprint density at radius 2 is 2.31 bits per heavy atom. The minimum absolute atomic E-state index is 0.189. The average molecular weight is 223 g/mol.